The van der Waals surface area contributed by atoms with E-state index >= 15 is 0 Å². The van der Waals surface area contributed by atoms with Crippen molar-refractivity contribution in [2.24, 2.45) is 0 Å². The van der Waals surface area contributed by atoms with Crippen LogP contribution in [-0.4, -0.2) is 5.78 Å². The van der Waals surface area contributed by atoms with E-state index in [1.807, 2.05) is 0 Å². The number of aryl methyl sites for hydroxylation is 1. The third kappa shape index (κ3) is 2.16. The molecule has 1 aromatic carbocycles. The van der Waals surface area contributed by atoms with Gasteiger partial charge in [0.25, 0.3) is 5.92 Å². The van der Waals surface area contributed by atoms with Gasteiger partial charge in [0.2, 0.25) is 0 Å². The van der Waals surface area contributed by atoms with Crippen LogP contribution in [0.1, 0.15) is 35.3 Å². The second-order valence-corrected chi connectivity index (χ2v) is 3.49. The lowest BCUT2D eigenvalue weighted by Gasteiger charge is -2.14. The highest BCUT2D eigenvalue weighted by Crippen LogP contribution is 2.30. The summed E-state index contributed by atoms with van der Waals surface area (Å²) < 4.78 is 26.1. The molecule has 1 rings (SSSR count). The standard InChI is InChI=1S/C11H12F2O/c1-7-4-5-10(11(3,12)13)9(6-7)8(2)14/h4-6H,1-3H3. The Morgan fingerprint density at radius 3 is 2.36 bits per heavy atom. The van der Waals surface area contributed by atoms with Crippen LogP contribution >= 0.6 is 0 Å². The molecule has 1 aromatic rings. The molecule has 3 heteroatoms. The average Bonchev–Trinajstić information content (AvgIpc) is 2.01. The first-order chi connectivity index (χ1) is 6.32. The number of carbonyl (C=O) groups excluding carboxylic acids is 1. The second-order valence-electron chi connectivity index (χ2n) is 3.49. The van der Waals surface area contributed by atoms with E-state index in [1.165, 1.54) is 19.1 Å². The molecule has 0 aromatic heterocycles. The summed E-state index contributed by atoms with van der Waals surface area (Å²) in [5.41, 5.74) is 0.719. The Hall–Kier alpha value is -1.25. The van der Waals surface area contributed by atoms with Crippen LogP contribution in [0.4, 0.5) is 8.78 Å². The molecule has 0 radical (unpaired) electrons. The van der Waals surface area contributed by atoms with Gasteiger partial charge in [0.15, 0.2) is 5.78 Å². The summed E-state index contributed by atoms with van der Waals surface area (Å²) >= 11 is 0. The van der Waals surface area contributed by atoms with E-state index in [4.69, 9.17) is 0 Å². The number of benzene rings is 1. The molecule has 0 saturated carbocycles. The summed E-state index contributed by atoms with van der Waals surface area (Å²) in [6.07, 6.45) is 0. The number of hydrogen-bond acceptors (Lipinski definition) is 1. The van der Waals surface area contributed by atoms with Crippen LogP contribution in [0.3, 0.4) is 0 Å². The zero-order valence-corrected chi connectivity index (χ0v) is 8.40. The fraction of sp³-hybridized carbons (Fsp3) is 0.364. The molecule has 76 valence electrons. The van der Waals surface area contributed by atoms with Gasteiger partial charge in [-0.25, -0.2) is 8.78 Å². The average molecular weight is 198 g/mol. The zero-order valence-electron chi connectivity index (χ0n) is 8.40. The molecule has 0 fully saturated rings. The first-order valence-corrected chi connectivity index (χ1v) is 4.32. The molecule has 0 N–H and O–H groups in total. The van der Waals surface area contributed by atoms with Gasteiger partial charge >= 0.3 is 0 Å². The van der Waals surface area contributed by atoms with Crippen molar-refractivity contribution in [3.05, 3.63) is 34.9 Å². The molecular weight excluding hydrogens is 186 g/mol. The number of halogens is 2. The molecule has 0 saturated heterocycles. The predicted molar refractivity (Wildman–Crippen MR) is 50.8 cm³/mol. The summed E-state index contributed by atoms with van der Waals surface area (Å²) in [7, 11) is 0. The maximum atomic E-state index is 13.1. The SMILES string of the molecule is CC(=O)c1cc(C)ccc1C(C)(F)F. The topological polar surface area (TPSA) is 17.1 Å². The zero-order chi connectivity index (χ0) is 10.9. The Kier molecular flexibility index (Phi) is 2.69. The van der Waals surface area contributed by atoms with Crippen molar-refractivity contribution in [3.63, 3.8) is 0 Å². The molecule has 0 spiro atoms. The molecule has 0 amide bonds. The smallest absolute Gasteiger partial charge is 0.271 e. The van der Waals surface area contributed by atoms with Gasteiger partial charge in [-0.05, 0) is 19.9 Å². The third-order valence-corrected chi connectivity index (χ3v) is 2.03. The van der Waals surface area contributed by atoms with Crippen LogP contribution in [0.5, 0.6) is 0 Å². The molecule has 0 atom stereocenters. The van der Waals surface area contributed by atoms with Crippen molar-refractivity contribution in [1.82, 2.24) is 0 Å². The van der Waals surface area contributed by atoms with Gasteiger partial charge in [0.1, 0.15) is 0 Å². The second kappa shape index (κ2) is 3.48. The van der Waals surface area contributed by atoms with Crippen LogP contribution < -0.4 is 0 Å². The minimum atomic E-state index is -2.96. The Balaban J connectivity index is 3.37. The molecule has 0 aliphatic heterocycles. The highest BCUT2D eigenvalue weighted by atomic mass is 19.3. The summed E-state index contributed by atoms with van der Waals surface area (Å²) in [6, 6.07) is 4.39. The fourth-order valence-corrected chi connectivity index (χ4v) is 1.33. The Labute approximate surface area is 81.7 Å². The summed E-state index contributed by atoms with van der Waals surface area (Å²) in [6.45, 7) is 3.86. The van der Waals surface area contributed by atoms with Gasteiger partial charge in [0.05, 0.1) is 0 Å². The molecule has 0 bridgehead atoms. The first kappa shape index (κ1) is 10.8. The van der Waals surface area contributed by atoms with Gasteiger partial charge in [0, 0.05) is 18.1 Å². The lowest BCUT2D eigenvalue weighted by molar-refractivity contribution is 0.0165. The third-order valence-electron chi connectivity index (χ3n) is 2.03. The van der Waals surface area contributed by atoms with Crippen molar-refractivity contribution >= 4 is 5.78 Å². The van der Waals surface area contributed by atoms with E-state index in [0.717, 1.165) is 12.5 Å². The van der Waals surface area contributed by atoms with Crippen LogP contribution in [0.15, 0.2) is 18.2 Å². The Bertz CT molecular complexity index is 364. The summed E-state index contributed by atoms with van der Waals surface area (Å²) in [4.78, 5) is 11.1. The monoisotopic (exact) mass is 198 g/mol. The number of alkyl halides is 2. The Morgan fingerprint density at radius 1 is 1.36 bits per heavy atom. The van der Waals surface area contributed by atoms with Crippen LogP contribution in [0.2, 0.25) is 0 Å². The lowest BCUT2D eigenvalue weighted by Crippen LogP contribution is -2.13. The number of ketones is 1. The number of hydrogen-bond donors (Lipinski definition) is 0. The van der Waals surface area contributed by atoms with Gasteiger partial charge in [-0.1, -0.05) is 17.7 Å². The molecule has 14 heavy (non-hydrogen) atoms. The van der Waals surface area contributed by atoms with Crippen LogP contribution in [-0.2, 0) is 5.92 Å². The summed E-state index contributed by atoms with van der Waals surface area (Å²) in [5, 5.41) is 0. The maximum absolute atomic E-state index is 13.1. The minimum Gasteiger partial charge on any atom is -0.294 e. The molecule has 0 aliphatic carbocycles. The highest BCUT2D eigenvalue weighted by Gasteiger charge is 2.28. The van der Waals surface area contributed by atoms with Gasteiger partial charge in [-0.3, -0.25) is 4.79 Å². The first-order valence-electron chi connectivity index (χ1n) is 4.32. The van der Waals surface area contributed by atoms with Crippen LogP contribution in [0.25, 0.3) is 0 Å². The van der Waals surface area contributed by atoms with E-state index < -0.39 is 5.92 Å². The van der Waals surface area contributed by atoms with E-state index in [2.05, 4.69) is 0 Å². The maximum Gasteiger partial charge on any atom is 0.271 e. The highest BCUT2D eigenvalue weighted by molar-refractivity contribution is 5.96. The van der Waals surface area contributed by atoms with Gasteiger partial charge in [-0.15, -0.1) is 0 Å². The number of carbonyl (C=O) groups is 1. The van der Waals surface area contributed by atoms with Gasteiger partial charge in [-0.2, -0.15) is 0 Å². The number of Topliss-reactive ketones (excluding diaryl/α,β-unsaturated/α-hetero) is 1. The summed E-state index contributed by atoms with van der Waals surface area (Å²) in [5.74, 6) is -3.29. The van der Waals surface area contributed by atoms with E-state index in [9.17, 15) is 13.6 Å². The predicted octanol–water partition coefficient (Wildman–Crippen LogP) is 3.31. The van der Waals surface area contributed by atoms with Gasteiger partial charge < -0.3 is 0 Å². The Morgan fingerprint density at radius 2 is 1.93 bits per heavy atom. The fourth-order valence-electron chi connectivity index (χ4n) is 1.33. The molecular formula is C11H12F2O. The quantitative estimate of drug-likeness (QED) is 0.666. The molecule has 0 aliphatic rings. The minimum absolute atomic E-state index is 0.109. The van der Waals surface area contributed by atoms with Crippen molar-refractivity contribution in [2.45, 2.75) is 26.7 Å². The molecule has 1 nitrogen and oxygen atoms in total. The van der Waals surface area contributed by atoms with Crippen molar-refractivity contribution < 1.29 is 13.6 Å². The molecule has 0 unspecified atom stereocenters. The largest absolute Gasteiger partial charge is 0.294 e. The van der Waals surface area contributed by atoms with Crippen molar-refractivity contribution in [3.8, 4) is 0 Å². The van der Waals surface area contributed by atoms with Crippen molar-refractivity contribution in [1.29, 1.82) is 0 Å². The lowest BCUT2D eigenvalue weighted by atomic mass is 9.98. The van der Waals surface area contributed by atoms with E-state index in [-0.39, 0.29) is 16.9 Å². The normalized spacial score (nSPS) is 11.5. The molecule has 0 heterocycles. The number of rotatable bonds is 2. The van der Waals surface area contributed by atoms with Crippen molar-refractivity contribution in [2.75, 3.05) is 0 Å². The van der Waals surface area contributed by atoms with Crippen LogP contribution in [0, 0.1) is 6.92 Å². The van der Waals surface area contributed by atoms with E-state index in [0.29, 0.717) is 0 Å². The van der Waals surface area contributed by atoms with E-state index in [1.54, 1.807) is 13.0 Å².